The first kappa shape index (κ1) is 23.2. The van der Waals surface area contributed by atoms with Crippen LogP contribution in [-0.2, 0) is 4.79 Å². The van der Waals surface area contributed by atoms with Crippen LogP contribution < -0.4 is 5.32 Å². The summed E-state index contributed by atoms with van der Waals surface area (Å²) in [6, 6.07) is 11.1. The van der Waals surface area contributed by atoms with Crippen molar-refractivity contribution in [3.63, 3.8) is 0 Å². The van der Waals surface area contributed by atoms with Crippen LogP contribution in [0.1, 0.15) is 32.0 Å². The Hall–Kier alpha value is -3.44. The molecule has 0 saturated carbocycles. The number of likely N-dealkylation sites (N-methyl/N-ethyl adjacent to an activating group) is 2. The maximum Gasteiger partial charge on any atom is 0.315 e. The molecule has 7 heteroatoms. The smallest absolute Gasteiger partial charge is 0.315 e. The first-order valence-electron chi connectivity index (χ1n) is 10.6. The Balaban J connectivity index is 2.13. The van der Waals surface area contributed by atoms with E-state index in [0.717, 1.165) is 22.2 Å². The Morgan fingerprint density at radius 2 is 2.12 bits per heavy atom. The molecule has 0 bridgehead atoms. The van der Waals surface area contributed by atoms with Crippen molar-refractivity contribution in [2.75, 3.05) is 20.1 Å². The number of carbonyl (C=O) groups is 1. The molecule has 3 rings (SSSR count). The number of pyridine rings is 1. The van der Waals surface area contributed by atoms with Crippen molar-refractivity contribution in [2.45, 2.75) is 32.9 Å². The molecular formula is C25H28F2N4O. The molecule has 1 atom stereocenters. The molecule has 1 aliphatic heterocycles. The van der Waals surface area contributed by atoms with Crippen LogP contribution in [0.5, 0.6) is 0 Å². The number of aromatic nitrogens is 1. The standard InChI is InChI=1S/C25H28F2N4O/c1-5-7-12-21(30(4)25(26)27)24(32)31-16-15-17(3)22(28-6-2)23(31)20-14-13-18-10-8-9-11-19(18)29-20/h7-14,23,25,28H,1,6,15-16H2,2-4H3/b21-12-/t23-/m1/s1. The highest BCUT2D eigenvalue weighted by atomic mass is 19.3. The highest BCUT2D eigenvalue weighted by molar-refractivity contribution is 5.94. The Labute approximate surface area is 187 Å². The van der Waals surface area contributed by atoms with Gasteiger partial charge in [-0.25, -0.2) is 0 Å². The van der Waals surface area contributed by atoms with Crippen LogP contribution in [0.2, 0.25) is 0 Å². The average Bonchev–Trinajstić information content (AvgIpc) is 2.79. The number of alkyl halides is 2. The molecule has 2 heterocycles. The molecule has 0 spiro atoms. The van der Waals surface area contributed by atoms with E-state index < -0.39 is 18.5 Å². The largest absolute Gasteiger partial charge is 0.387 e. The van der Waals surface area contributed by atoms with Gasteiger partial charge in [0, 0.05) is 31.2 Å². The van der Waals surface area contributed by atoms with E-state index in [0.29, 0.717) is 30.1 Å². The van der Waals surface area contributed by atoms with Gasteiger partial charge in [-0.15, -0.1) is 5.73 Å². The summed E-state index contributed by atoms with van der Waals surface area (Å²) >= 11 is 0. The molecule has 0 fully saturated rings. The number of halogens is 2. The zero-order valence-electron chi connectivity index (χ0n) is 18.6. The highest BCUT2D eigenvalue weighted by Gasteiger charge is 2.36. The van der Waals surface area contributed by atoms with E-state index in [-0.39, 0.29) is 5.70 Å². The van der Waals surface area contributed by atoms with Gasteiger partial charge in [0.2, 0.25) is 0 Å². The molecule has 1 amide bonds. The van der Waals surface area contributed by atoms with E-state index in [4.69, 9.17) is 4.98 Å². The minimum Gasteiger partial charge on any atom is -0.387 e. The van der Waals surface area contributed by atoms with E-state index in [1.54, 1.807) is 4.90 Å². The van der Waals surface area contributed by atoms with E-state index in [2.05, 4.69) is 17.6 Å². The predicted molar refractivity (Wildman–Crippen MR) is 123 cm³/mol. The lowest BCUT2D eigenvalue weighted by atomic mass is 9.95. The Morgan fingerprint density at radius 3 is 2.81 bits per heavy atom. The number of benzene rings is 1. The fourth-order valence-electron chi connectivity index (χ4n) is 3.87. The van der Waals surface area contributed by atoms with Gasteiger partial charge < -0.3 is 15.1 Å². The molecule has 0 saturated heterocycles. The van der Waals surface area contributed by atoms with Crippen LogP contribution in [0.25, 0.3) is 10.9 Å². The normalized spacial score (nSPS) is 16.9. The van der Waals surface area contributed by atoms with Gasteiger partial charge in [0.1, 0.15) is 11.7 Å². The molecule has 1 aliphatic rings. The summed E-state index contributed by atoms with van der Waals surface area (Å²) in [5.74, 6) is -0.498. The SMILES string of the molecule is C=C=C/C=C(/C(=O)N1CCC(C)=C(NCC)[C@H]1c1ccc2ccccc2n1)N(C)C(F)F. The maximum absolute atomic E-state index is 13.6. The summed E-state index contributed by atoms with van der Waals surface area (Å²) in [5.41, 5.74) is 5.89. The third kappa shape index (κ3) is 4.73. The van der Waals surface area contributed by atoms with Crippen LogP contribution >= 0.6 is 0 Å². The summed E-state index contributed by atoms with van der Waals surface area (Å²) < 4.78 is 27.0. The number of rotatable bonds is 7. The van der Waals surface area contributed by atoms with Crippen molar-refractivity contribution in [3.05, 3.63) is 83.5 Å². The average molecular weight is 439 g/mol. The van der Waals surface area contributed by atoms with E-state index in [1.807, 2.05) is 50.2 Å². The number of hydrogen-bond donors (Lipinski definition) is 1. The van der Waals surface area contributed by atoms with Gasteiger partial charge in [-0.05, 0) is 44.6 Å². The summed E-state index contributed by atoms with van der Waals surface area (Å²) in [7, 11) is 1.20. The number of hydrogen-bond acceptors (Lipinski definition) is 4. The monoisotopic (exact) mass is 438 g/mol. The van der Waals surface area contributed by atoms with Crippen molar-refractivity contribution in [1.82, 2.24) is 20.1 Å². The zero-order valence-corrected chi connectivity index (χ0v) is 18.6. The second-order valence-corrected chi connectivity index (χ2v) is 7.62. The lowest BCUT2D eigenvalue weighted by molar-refractivity contribution is -0.133. The third-order valence-corrected chi connectivity index (χ3v) is 5.55. The van der Waals surface area contributed by atoms with Gasteiger partial charge in [0.05, 0.1) is 11.2 Å². The van der Waals surface area contributed by atoms with Crippen molar-refractivity contribution >= 4 is 16.8 Å². The van der Waals surface area contributed by atoms with Gasteiger partial charge in [-0.3, -0.25) is 9.78 Å². The molecular weight excluding hydrogens is 410 g/mol. The number of fused-ring (bicyclic) bond motifs is 1. The quantitative estimate of drug-likeness (QED) is 0.293. The molecule has 0 radical (unpaired) electrons. The first-order valence-corrected chi connectivity index (χ1v) is 10.6. The van der Waals surface area contributed by atoms with Crippen molar-refractivity contribution in [3.8, 4) is 0 Å². The summed E-state index contributed by atoms with van der Waals surface area (Å²) in [4.78, 5) is 20.7. The van der Waals surface area contributed by atoms with Gasteiger partial charge in [-0.1, -0.05) is 36.4 Å². The number of nitrogens with one attached hydrogen (secondary N) is 1. The minimum atomic E-state index is -2.82. The Morgan fingerprint density at radius 1 is 1.38 bits per heavy atom. The van der Waals surface area contributed by atoms with Crippen molar-refractivity contribution < 1.29 is 13.6 Å². The van der Waals surface area contributed by atoms with E-state index in [9.17, 15) is 13.6 Å². The van der Waals surface area contributed by atoms with Crippen LogP contribution in [0.15, 0.2) is 77.8 Å². The van der Waals surface area contributed by atoms with Crippen molar-refractivity contribution in [2.24, 2.45) is 0 Å². The lowest BCUT2D eigenvalue weighted by Crippen LogP contribution is -2.46. The summed E-state index contributed by atoms with van der Waals surface area (Å²) in [6.07, 6.45) is 3.33. The van der Waals surface area contributed by atoms with Crippen LogP contribution in [0, 0.1) is 0 Å². The first-order chi connectivity index (χ1) is 15.4. The fraction of sp³-hybridized carbons (Fsp3) is 0.320. The summed E-state index contributed by atoms with van der Waals surface area (Å²) in [6.45, 7) is 5.70. The van der Waals surface area contributed by atoms with Gasteiger partial charge in [0.25, 0.3) is 5.91 Å². The number of amides is 1. The van der Waals surface area contributed by atoms with E-state index in [1.165, 1.54) is 19.2 Å². The zero-order chi connectivity index (χ0) is 23.3. The predicted octanol–water partition coefficient (Wildman–Crippen LogP) is 4.77. The molecule has 0 unspecified atom stereocenters. The number of allylic oxidation sites excluding steroid dienone is 2. The Bertz CT molecular complexity index is 1100. The molecule has 1 aromatic carbocycles. The van der Waals surface area contributed by atoms with E-state index >= 15 is 0 Å². The molecule has 32 heavy (non-hydrogen) atoms. The molecule has 2 aromatic rings. The second-order valence-electron chi connectivity index (χ2n) is 7.62. The third-order valence-electron chi connectivity index (χ3n) is 5.55. The second kappa shape index (κ2) is 10.2. The number of carbonyl (C=O) groups excluding carboxylic acids is 1. The number of para-hydroxylation sites is 1. The molecule has 168 valence electrons. The van der Waals surface area contributed by atoms with Gasteiger partial charge in [-0.2, -0.15) is 8.78 Å². The molecule has 1 aromatic heterocycles. The lowest BCUT2D eigenvalue weighted by Gasteiger charge is -2.39. The van der Waals surface area contributed by atoms with Crippen molar-refractivity contribution in [1.29, 1.82) is 0 Å². The molecule has 5 nitrogen and oxygen atoms in total. The van der Waals surface area contributed by atoms with Gasteiger partial charge >= 0.3 is 6.55 Å². The molecule has 1 N–H and O–H groups in total. The van der Waals surface area contributed by atoms with Gasteiger partial charge in [0.15, 0.2) is 0 Å². The fourth-order valence-corrected chi connectivity index (χ4v) is 3.87. The topological polar surface area (TPSA) is 48.5 Å². The number of nitrogens with zero attached hydrogens (tertiary/aromatic N) is 3. The summed E-state index contributed by atoms with van der Waals surface area (Å²) in [5, 5.41) is 4.37. The molecule has 0 aliphatic carbocycles. The minimum absolute atomic E-state index is 0.127. The van der Waals surface area contributed by atoms with Crippen LogP contribution in [0.4, 0.5) is 8.78 Å². The maximum atomic E-state index is 13.6. The van der Waals surface area contributed by atoms with Crippen LogP contribution in [-0.4, -0.2) is 47.4 Å². The highest BCUT2D eigenvalue weighted by Crippen LogP contribution is 2.35. The Kier molecular flexibility index (Phi) is 7.44. The van der Waals surface area contributed by atoms with Crippen LogP contribution in [0.3, 0.4) is 0 Å².